The maximum Gasteiger partial charge on any atom is 0.230 e. The van der Waals surface area contributed by atoms with E-state index >= 15 is 0 Å². The lowest BCUT2D eigenvalue weighted by atomic mass is 10.2. The molecule has 1 amide bonds. The quantitative estimate of drug-likeness (QED) is 0.772. The van der Waals surface area contributed by atoms with E-state index in [4.69, 9.17) is 0 Å². The van der Waals surface area contributed by atoms with Gasteiger partial charge in [-0.05, 0) is 24.0 Å². The third-order valence-electron chi connectivity index (χ3n) is 2.83. The number of hydrogen-bond donors (Lipinski definition) is 1. The molecule has 0 unspecified atom stereocenters. The fourth-order valence-electron chi connectivity index (χ4n) is 1.63. The molecule has 1 N–H and O–H groups in total. The van der Waals surface area contributed by atoms with Crippen molar-refractivity contribution >= 4 is 46.5 Å². The lowest BCUT2D eigenvalue weighted by Crippen LogP contribution is -2.24. The zero-order chi connectivity index (χ0) is 15.9. The number of thioether (sulfide) groups is 2. The molecule has 1 aromatic heterocycles. The lowest BCUT2D eigenvalue weighted by molar-refractivity contribution is -0.118. The molecule has 0 bridgehead atoms. The number of carbonyl (C=O) groups excluding carboxylic acids is 1. The van der Waals surface area contributed by atoms with Crippen molar-refractivity contribution in [2.45, 2.75) is 15.2 Å². The molecule has 0 atom stereocenters. The van der Waals surface area contributed by atoms with Gasteiger partial charge in [0.1, 0.15) is 0 Å². The first-order valence-electron chi connectivity index (χ1n) is 6.61. The van der Waals surface area contributed by atoms with Crippen LogP contribution in [0.4, 0.5) is 5.69 Å². The van der Waals surface area contributed by atoms with E-state index in [1.807, 2.05) is 49.5 Å². The minimum atomic E-state index is 0.00240. The Balaban J connectivity index is 1.75. The Morgan fingerprint density at radius 3 is 2.50 bits per heavy atom. The summed E-state index contributed by atoms with van der Waals surface area (Å²) < 4.78 is 1.75. The molecule has 0 spiro atoms. The van der Waals surface area contributed by atoms with Crippen LogP contribution in [0.2, 0.25) is 0 Å². The molecule has 0 radical (unpaired) electrons. The zero-order valence-electron chi connectivity index (χ0n) is 12.7. The minimum absolute atomic E-state index is 0.00240. The molecule has 1 aromatic carbocycles. The Morgan fingerprint density at radius 2 is 1.91 bits per heavy atom. The predicted octanol–water partition coefficient (Wildman–Crippen LogP) is 2.73. The second kappa shape index (κ2) is 8.40. The number of anilines is 1. The van der Waals surface area contributed by atoms with Gasteiger partial charge in [-0.2, -0.15) is 0 Å². The van der Waals surface area contributed by atoms with Gasteiger partial charge in [-0.3, -0.25) is 4.79 Å². The van der Waals surface area contributed by atoms with Crippen LogP contribution in [0.1, 0.15) is 5.56 Å². The van der Waals surface area contributed by atoms with Crippen molar-refractivity contribution in [3.63, 3.8) is 0 Å². The highest BCUT2D eigenvalue weighted by atomic mass is 32.2. The first-order chi connectivity index (χ1) is 10.6. The number of hydrogen-bond acceptors (Lipinski definition) is 7. The smallest absolute Gasteiger partial charge is 0.230 e. The molecule has 2 aromatic rings. The molecule has 118 valence electrons. The van der Waals surface area contributed by atoms with Crippen molar-refractivity contribution in [2.24, 2.45) is 0 Å². The van der Waals surface area contributed by atoms with Crippen LogP contribution < -0.4 is 10.2 Å². The van der Waals surface area contributed by atoms with Gasteiger partial charge < -0.3 is 10.2 Å². The van der Waals surface area contributed by atoms with Crippen molar-refractivity contribution < 1.29 is 4.79 Å². The van der Waals surface area contributed by atoms with Gasteiger partial charge >= 0.3 is 0 Å². The molecule has 0 aliphatic heterocycles. The fourth-order valence-corrected chi connectivity index (χ4v) is 3.90. The van der Waals surface area contributed by atoms with Crippen LogP contribution in [-0.4, -0.2) is 42.2 Å². The summed E-state index contributed by atoms with van der Waals surface area (Å²) in [5, 5.41) is 10.9. The van der Waals surface area contributed by atoms with Crippen LogP contribution in [-0.2, 0) is 11.3 Å². The Labute approximate surface area is 142 Å². The van der Waals surface area contributed by atoms with E-state index in [1.54, 1.807) is 11.8 Å². The van der Waals surface area contributed by atoms with Gasteiger partial charge in [-0.15, -0.1) is 10.2 Å². The minimum Gasteiger partial charge on any atom is -0.378 e. The number of carbonyl (C=O) groups is 1. The molecule has 0 saturated carbocycles. The highest BCUT2D eigenvalue weighted by Crippen LogP contribution is 2.27. The topological polar surface area (TPSA) is 58.1 Å². The highest BCUT2D eigenvalue weighted by Gasteiger charge is 2.07. The molecule has 2 rings (SSSR count). The standard InChI is InChI=1S/C14H18N4OS3/c1-18(2)11-6-4-10(5-7-11)8-15-12(19)9-21-14-17-16-13(20-3)22-14/h4-7H,8-9H2,1-3H3,(H,15,19). The molecule has 0 aliphatic carbocycles. The van der Waals surface area contributed by atoms with Crippen LogP contribution in [0.15, 0.2) is 32.9 Å². The van der Waals surface area contributed by atoms with Gasteiger partial charge in [0.2, 0.25) is 5.91 Å². The van der Waals surface area contributed by atoms with E-state index in [2.05, 4.69) is 15.5 Å². The Kier molecular flexibility index (Phi) is 6.53. The van der Waals surface area contributed by atoms with E-state index in [0.29, 0.717) is 12.3 Å². The van der Waals surface area contributed by atoms with Crippen molar-refractivity contribution in [1.29, 1.82) is 0 Å². The number of amides is 1. The molecular formula is C14H18N4OS3. The van der Waals surface area contributed by atoms with Gasteiger partial charge in [0.05, 0.1) is 5.75 Å². The summed E-state index contributed by atoms with van der Waals surface area (Å²) in [6.07, 6.45) is 1.96. The van der Waals surface area contributed by atoms with Gasteiger partial charge in [0.15, 0.2) is 8.68 Å². The largest absolute Gasteiger partial charge is 0.378 e. The molecule has 0 saturated heterocycles. The van der Waals surface area contributed by atoms with Crippen molar-refractivity contribution in [2.75, 3.05) is 31.0 Å². The Bertz CT molecular complexity index is 613. The maximum absolute atomic E-state index is 11.9. The molecule has 0 aliphatic rings. The van der Waals surface area contributed by atoms with Crippen molar-refractivity contribution in [1.82, 2.24) is 15.5 Å². The summed E-state index contributed by atoms with van der Waals surface area (Å²) in [7, 11) is 4.01. The highest BCUT2D eigenvalue weighted by molar-refractivity contribution is 8.03. The van der Waals surface area contributed by atoms with Gasteiger partial charge in [-0.25, -0.2) is 0 Å². The molecule has 5 nitrogen and oxygen atoms in total. The maximum atomic E-state index is 11.9. The van der Waals surface area contributed by atoms with Crippen molar-refractivity contribution in [3.8, 4) is 0 Å². The Morgan fingerprint density at radius 1 is 1.23 bits per heavy atom. The fraction of sp³-hybridized carbons (Fsp3) is 0.357. The number of benzene rings is 1. The molecule has 1 heterocycles. The number of aromatic nitrogens is 2. The molecule has 22 heavy (non-hydrogen) atoms. The van der Waals surface area contributed by atoms with E-state index in [0.717, 1.165) is 19.9 Å². The van der Waals surface area contributed by atoms with Gasteiger partial charge in [0.25, 0.3) is 0 Å². The SMILES string of the molecule is CSc1nnc(SCC(=O)NCc2ccc(N(C)C)cc2)s1. The summed E-state index contributed by atoms with van der Waals surface area (Å²) in [6, 6.07) is 8.14. The van der Waals surface area contributed by atoms with Gasteiger partial charge in [0, 0.05) is 26.3 Å². The van der Waals surface area contributed by atoms with Crippen molar-refractivity contribution in [3.05, 3.63) is 29.8 Å². The monoisotopic (exact) mass is 354 g/mol. The van der Waals surface area contributed by atoms with Crippen LogP contribution in [0.3, 0.4) is 0 Å². The van der Waals surface area contributed by atoms with E-state index in [-0.39, 0.29) is 5.91 Å². The predicted molar refractivity (Wildman–Crippen MR) is 95.0 cm³/mol. The zero-order valence-corrected chi connectivity index (χ0v) is 15.1. The van der Waals surface area contributed by atoms with Gasteiger partial charge in [-0.1, -0.05) is 47.0 Å². The summed E-state index contributed by atoms with van der Waals surface area (Å²) in [5.74, 6) is 0.362. The third-order valence-corrected chi connectivity index (χ3v) is 5.86. The summed E-state index contributed by atoms with van der Waals surface area (Å²) in [6.45, 7) is 0.541. The van der Waals surface area contributed by atoms with E-state index in [9.17, 15) is 4.79 Å². The molecular weight excluding hydrogens is 336 g/mol. The second-order valence-corrected chi connectivity index (χ2v) is 7.92. The third kappa shape index (κ3) is 5.19. The molecule has 8 heteroatoms. The average molecular weight is 355 g/mol. The summed E-state index contributed by atoms with van der Waals surface area (Å²) in [4.78, 5) is 13.9. The lowest BCUT2D eigenvalue weighted by Gasteiger charge is -2.12. The first kappa shape index (κ1) is 17.1. The normalized spacial score (nSPS) is 10.5. The second-order valence-electron chi connectivity index (χ2n) is 4.66. The summed E-state index contributed by atoms with van der Waals surface area (Å²) in [5.41, 5.74) is 2.23. The van der Waals surface area contributed by atoms with Crippen LogP contribution in [0.25, 0.3) is 0 Å². The van der Waals surface area contributed by atoms with Crippen LogP contribution >= 0.6 is 34.9 Å². The number of nitrogens with one attached hydrogen (secondary N) is 1. The number of rotatable bonds is 7. The summed E-state index contributed by atoms with van der Waals surface area (Å²) >= 11 is 4.49. The average Bonchev–Trinajstić information content (AvgIpc) is 2.99. The molecule has 0 fully saturated rings. The van der Waals surface area contributed by atoms with E-state index in [1.165, 1.54) is 23.1 Å². The van der Waals surface area contributed by atoms with E-state index < -0.39 is 0 Å². The Hall–Kier alpha value is -1.25. The number of nitrogens with zero attached hydrogens (tertiary/aromatic N) is 3. The van der Waals surface area contributed by atoms with Crippen LogP contribution in [0.5, 0.6) is 0 Å². The first-order valence-corrected chi connectivity index (χ1v) is 9.64. The van der Waals surface area contributed by atoms with Crippen LogP contribution in [0, 0.1) is 0 Å².